The average molecular weight is 274 g/mol. The number of hydrogen-bond acceptors (Lipinski definition) is 3. The molecule has 0 atom stereocenters. The highest BCUT2D eigenvalue weighted by Gasteiger charge is 2.01. The minimum Gasteiger partial charge on any atom is -0.289 e. The second kappa shape index (κ2) is 5.67. The average Bonchev–Trinajstić information content (AvgIpc) is 2.53. The van der Waals surface area contributed by atoms with Crippen molar-refractivity contribution < 1.29 is 4.79 Å². The van der Waals surface area contributed by atoms with Crippen molar-refractivity contribution in [3.63, 3.8) is 0 Å². The highest BCUT2D eigenvalue weighted by molar-refractivity contribution is 6.06. The molecule has 0 radical (unpaired) electrons. The maximum Gasteiger partial charge on any atom is 0.186 e. The highest BCUT2D eigenvalue weighted by atomic mass is 16.1. The SMILES string of the molecule is Cc1ccc2ccc(C=CC(=O)c3ccncc3)nc2c1. The normalized spacial score (nSPS) is 11.1. The van der Waals surface area contributed by atoms with Crippen molar-refractivity contribution in [2.24, 2.45) is 0 Å². The van der Waals surface area contributed by atoms with E-state index >= 15 is 0 Å². The number of benzene rings is 1. The number of rotatable bonds is 3. The third-order valence-corrected chi connectivity index (χ3v) is 3.24. The lowest BCUT2D eigenvalue weighted by atomic mass is 10.1. The zero-order valence-electron chi connectivity index (χ0n) is 11.7. The number of fused-ring (bicyclic) bond motifs is 1. The molecule has 0 fully saturated rings. The van der Waals surface area contributed by atoms with E-state index in [1.54, 1.807) is 36.7 Å². The zero-order chi connectivity index (χ0) is 14.7. The molecule has 0 bridgehead atoms. The number of pyridine rings is 2. The van der Waals surface area contributed by atoms with Crippen molar-refractivity contribution >= 4 is 22.8 Å². The summed E-state index contributed by atoms with van der Waals surface area (Å²) in [6.45, 7) is 2.04. The van der Waals surface area contributed by atoms with Gasteiger partial charge in [-0.1, -0.05) is 18.2 Å². The van der Waals surface area contributed by atoms with Crippen LogP contribution in [0.2, 0.25) is 0 Å². The van der Waals surface area contributed by atoms with Gasteiger partial charge in [-0.05, 0) is 48.9 Å². The van der Waals surface area contributed by atoms with Crippen LogP contribution in [-0.4, -0.2) is 15.8 Å². The summed E-state index contributed by atoms with van der Waals surface area (Å²) in [5.41, 5.74) is 3.51. The van der Waals surface area contributed by atoms with Crippen molar-refractivity contribution in [3.8, 4) is 0 Å². The standard InChI is InChI=1S/C18H14N2O/c1-13-2-3-14-4-5-16(20-17(14)12-13)6-7-18(21)15-8-10-19-11-9-15/h2-12H,1H3. The number of aromatic nitrogens is 2. The van der Waals surface area contributed by atoms with Crippen LogP contribution in [0.4, 0.5) is 0 Å². The largest absolute Gasteiger partial charge is 0.289 e. The first-order valence-electron chi connectivity index (χ1n) is 6.72. The maximum atomic E-state index is 12.0. The predicted octanol–water partition coefficient (Wildman–Crippen LogP) is 3.83. The van der Waals surface area contributed by atoms with Crippen molar-refractivity contribution in [2.75, 3.05) is 0 Å². The van der Waals surface area contributed by atoms with Gasteiger partial charge in [-0.15, -0.1) is 0 Å². The number of aryl methyl sites for hydroxylation is 1. The molecule has 0 spiro atoms. The molecule has 1 aromatic carbocycles. The Labute approximate surface area is 123 Å². The molecule has 0 unspecified atom stereocenters. The van der Waals surface area contributed by atoms with Gasteiger partial charge in [0.05, 0.1) is 11.2 Å². The lowest BCUT2D eigenvalue weighted by Gasteiger charge is -2.00. The van der Waals surface area contributed by atoms with E-state index < -0.39 is 0 Å². The molecule has 3 nitrogen and oxygen atoms in total. The second-order valence-electron chi connectivity index (χ2n) is 4.87. The first kappa shape index (κ1) is 13.2. The fourth-order valence-electron chi connectivity index (χ4n) is 2.11. The van der Waals surface area contributed by atoms with Crippen LogP contribution in [0.15, 0.2) is 60.9 Å². The smallest absolute Gasteiger partial charge is 0.186 e. The molecule has 2 aromatic heterocycles. The Kier molecular flexibility index (Phi) is 3.56. The minimum absolute atomic E-state index is 0.0523. The molecule has 0 aliphatic heterocycles. The molecule has 0 aliphatic carbocycles. The fourth-order valence-corrected chi connectivity index (χ4v) is 2.11. The van der Waals surface area contributed by atoms with E-state index in [0.717, 1.165) is 16.6 Å². The maximum absolute atomic E-state index is 12.0. The molecular formula is C18H14N2O. The van der Waals surface area contributed by atoms with Gasteiger partial charge >= 0.3 is 0 Å². The van der Waals surface area contributed by atoms with Crippen LogP contribution in [-0.2, 0) is 0 Å². The molecule has 0 amide bonds. The summed E-state index contributed by atoms with van der Waals surface area (Å²) in [6.07, 6.45) is 6.50. The Morgan fingerprint density at radius 1 is 1.05 bits per heavy atom. The van der Waals surface area contributed by atoms with Crippen LogP contribution in [0.3, 0.4) is 0 Å². The Bertz CT molecular complexity index is 823. The molecule has 3 aromatic rings. The van der Waals surface area contributed by atoms with E-state index in [2.05, 4.69) is 16.0 Å². The number of allylic oxidation sites excluding steroid dienone is 1. The second-order valence-corrected chi connectivity index (χ2v) is 4.87. The third kappa shape index (κ3) is 3.03. The first-order chi connectivity index (χ1) is 10.2. The van der Waals surface area contributed by atoms with Gasteiger partial charge < -0.3 is 0 Å². The Hall–Kier alpha value is -2.81. The number of nitrogens with zero attached hydrogens (tertiary/aromatic N) is 2. The van der Waals surface area contributed by atoms with Gasteiger partial charge in [-0.3, -0.25) is 9.78 Å². The van der Waals surface area contributed by atoms with Gasteiger partial charge in [-0.2, -0.15) is 0 Å². The van der Waals surface area contributed by atoms with E-state index in [1.165, 1.54) is 5.56 Å². The monoisotopic (exact) mass is 274 g/mol. The van der Waals surface area contributed by atoms with Crippen molar-refractivity contribution in [1.29, 1.82) is 0 Å². The molecule has 0 N–H and O–H groups in total. The minimum atomic E-state index is -0.0523. The molecule has 102 valence electrons. The van der Waals surface area contributed by atoms with Gasteiger partial charge in [-0.25, -0.2) is 4.98 Å². The number of carbonyl (C=O) groups is 1. The summed E-state index contributed by atoms with van der Waals surface area (Å²) in [5.74, 6) is -0.0523. The van der Waals surface area contributed by atoms with Gasteiger partial charge in [0.1, 0.15) is 0 Å². The van der Waals surface area contributed by atoms with E-state index in [9.17, 15) is 4.79 Å². The molecule has 3 rings (SSSR count). The Morgan fingerprint density at radius 2 is 1.81 bits per heavy atom. The molecule has 21 heavy (non-hydrogen) atoms. The van der Waals surface area contributed by atoms with E-state index in [0.29, 0.717) is 5.56 Å². The molecule has 0 saturated heterocycles. The summed E-state index contributed by atoms with van der Waals surface area (Å²) < 4.78 is 0. The number of hydrogen-bond donors (Lipinski definition) is 0. The Balaban J connectivity index is 1.87. The summed E-state index contributed by atoms with van der Waals surface area (Å²) in [7, 11) is 0. The number of carbonyl (C=O) groups excluding carboxylic acids is 1. The van der Waals surface area contributed by atoms with E-state index in [-0.39, 0.29) is 5.78 Å². The lowest BCUT2D eigenvalue weighted by molar-refractivity contribution is 0.104. The van der Waals surface area contributed by atoms with Crippen LogP contribution >= 0.6 is 0 Å². The molecule has 0 saturated carbocycles. The first-order valence-corrected chi connectivity index (χ1v) is 6.72. The third-order valence-electron chi connectivity index (χ3n) is 3.24. The molecular weight excluding hydrogens is 260 g/mol. The van der Waals surface area contributed by atoms with Gasteiger partial charge in [0.2, 0.25) is 0 Å². The van der Waals surface area contributed by atoms with Crippen LogP contribution in [0.5, 0.6) is 0 Å². The number of ketones is 1. The fraction of sp³-hybridized carbons (Fsp3) is 0.0556. The Morgan fingerprint density at radius 3 is 2.62 bits per heavy atom. The summed E-state index contributed by atoms with van der Waals surface area (Å²) in [6, 6.07) is 13.5. The van der Waals surface area contributed by atoms with Crippen LogP contribution in [0, 0.1) is 6.92 Å². The van der Waals surface area contributed by atoms with E-state index in [1.807, 2.05) is 31.2 Å². The topological polar surface area (TPSA) is 42.9 Å². The lowest BCUT2D eigenvalue weighted by Crippen LogP contribution is -1.94. The van der Waals surface area contributed by atoms with Gasteiger partial charge in [0.15, 0.2) is 5.78 Å². The summed E-state index contributed by atoms with van der Waals surface area (Å²) >= 11 is 0. The van der Waals surface area contributed by atoms with Gasteiger partial charge in [0, 0.05) is 23.3 Å². The van der Waals surface area contributed by atoms with Gasteiger partial charge in [0.25, 0.3) is 0 Å². The molecule has 0 aliphatic rings. The van der Waals surface area contributed by atoms with Crippen molar-refractivity contribution in [3.05, 3.63) is 77.8 Å². The van der Waals surface area contributed by atoms with E-state index in [4.69, 9.17) is 0 Å². The zero-order valence-corrected chi connectivity index (χ0v) is 11.7. The highest BCUT2D eigenvalue weighted by Crippen LogP contribution is 2.15. The van der Waals surface area contributed by atoms with Crippen molar-refractivity contribution in [1.82, 2.24) is 9.97 Å². The summed E-state index contributed by atoms with van der Waals surface area (Å²) in [4.78, 5) is 20.4. The predicted molar refractivity (Wildman–Crippen MR) is 84.1 cm³/mol. The van der Waals surface area contributed by atoms with Crippen LogP contribution < -0.4 is 0 Å². The van der Waals surface area contributed by atoms with Crippen LogP contribution in [0.25, 0.3) is 17.0 Å². The van der Waals surface area contributed by atoms with Crippen molar-refractivity contribution in [2.45, 2.75) is 6.92 Å². The molecule has 3 heteroatoms. The molecule has 2 heterocycles. The summed E-state index contributed by atoms with van der Waals surface area (Å²) in [5, 5.41) is 1.10. The van der Waals surface area contributed by atoms with Crippen LogP contribution in [0.1, 0.15) is 21.6 Å². The quantitative estimate of drug-likeness (QED) is 0.538.